The van der Waals surface area contributed by atoms with Gasteiger partial charge in [0.25, 0.3) is 0 Å². The maximum atomic E-state index is 5.74. The fourth-order valence-corrected chi connectivity index (χ4v) is 2.19. The van der Waals surface area contributed by atoms with Crippen LogP contribution in [-0.2, 0) is 24.6 Å². The zero-order valence-electron chi connectivity index (χ0n) is 12.5. The molecule has 0 aliphatic rings. The average molecular weight is 273 g/mol. The lowest BCUT2D eigenvalue weighted by Gasteiger charge is -2.07. The van der Waals surface area contributed by atoms with Crippen LogP contribution in [0.3, 0.4) is 0 Å². The molecule has 0 unspecified atom stereocenters. The number of benzene rings is 1. The molecule has 4 nitrogen and oxygen atoms in total. The van der Waals surface area contributed by atoms with Crippen LogP contribution in [0.5, 0.6) is 0 Å². The summed E-state index contributed by atoms with van der Waals surface area (Å²) in [5.74, 6) is 0. The predicted octanol–water partition coefficient (Wildman–Crippen LogP) is 2.78. The van der Waals surface area contributed by atoms with Gasteiger partial charge in [0.1, 0.15) is 6.73 Å². The summed E-state index contributed by atoms with van der Waals surface area (Å²) in [7, 11) is 0. The van der Waals surface area contributed by atoms with E-state index in [0.29, 0.717) is 13.3 Å². The molecule has 2 aromatic rings. The third-order valence-corrected chi connectivity index (χ3v) is 3.41. The molecule has 108 valence electrons. The van der Waals surface area contributed by atoms with Gasteiger partial charge in [-0.25, -0.2) is 4.68 Å². The number of nitrogens with zero attached hydrogens (tertiary/aromatic N) is 2. The first-order valence-electron chi connectivity index (χ1n) is 7.07. The lowest BCUT2D eigenvalue weighted by molar-refractivity contribution is 0.0546. The maximum absolute atomic E-state index is 5.74. The minimum Gasteiger partial charge on any atom is -0.355 e. The van der Waals surface area contributed by atoms with Crippen molar-refractivity contribution < 1.29 is 4.74 Å². The van der Waals surface area contributed by atoms with Crippen molar-refractivity contribution in [1.29, 1.82) is 0 Å². The summed E-state index contributed by atoms with van der Waals surface area (Å²) >= 11 is 0. The topological polar surface area (TPSA) is 39.1 Å². The van der Waals surface area contributed by atoms with Crippen molar-refractivity contribution in [2.24, 2.45) is 0 Å². The molecule has 0 aliphatic heterocycles. The van der Waals surface area contributed by atoms with Gasteiger partial charge in [0, 0.05) is 17.8 Å². The minimum atomic E-state index is 0.494. The van der Waals surface area contributed by atoms with E-state index in [1.165, 1.54) is 16.8 Å². The third kappa shape index (κ3) is 3.68. The summed E-state index contributed by atoms with van der Waals surface area (Å²) in [5, 5.41) is 7.89. The van der Waals surface area contributed by atoms with E-state index in [2.05, 4.69) is 36.4 Å². The van der Waals surface area contributed by atoms with Gasteiger partial charge >= 0.3 is 0 Å². The number of aromatic nitrogens is 2. The van der Waals surface area contributed by atoms with E-state index >= 15 is 0 Å². The molecular weight excluding hydrogens is 250 g/mol. The van der Waals surface area contributed by atoms with E-state index in [-0.39, 0.29) is 0 Å². The molecule has 1 heterocycles. The van der Waals surface area contributed by atoms with Gasteiger partial charge in [-0.1, -0.05) is 37.3 Å². The Morgan fingerprint density at radius 2 is 1.95 bits per heavy atom. The highest BCUT2D eigenvalue weighted by Gasteiger charge is 2.10. The Labute approximate surface area is 120 Å². The summed E-state index contributed by atoms with van der Waals surface area (Å²) in [5.41, 5.74) is 4.71. The molecule has 1 aromatic heterocycles. The van der Waals surface area contributed by atoms with Crippen LogP contribution in [0.1, 0.15) is 29.4 Å². The lowest BCUT2D eigenvalue weighted by atomic mass is 10.2. The van der Waals surface area contributed by atoms with Crippen LogP contribution >= 0.6 is 0 Å². The zero-order valence-corrected chi connectivity index (χ0v) is 12.5. The molecule has 0 radical (unpaired) electrons. The smallest absolute Gasteiger partial charge is 0.140 e. The van der Waals surface area contributed by atoms with Gasteiger partial charge in [-0.15, -0.1) is 0 Å². The standard InChI is InChI=1S/C16H23N3O/c1-4-17-10-16-13(2)18-19(14(16)3)12-20-11-15-8-6-5-7-9-15/h5-9,17H,4,10-12H2,1-3H3. The van der Waals surface area contributed by atoms with Gasteiger partial charge in [-0.3, -0.25) is 0 Å². The first-order chi connectivity index (χ1) is 9.72. The van der Waals surface area contributed by atoms with Gasteiger partial charge < -0.3 is 10.1 Å². The molecule has 0 fully saturated rings. The van der Waals surface area contributed by atoms with Gasteiger partial charge in [0.2, 0.25) is 0 Å². The Morgan fingerprint density at radius 1 is 1.20 bits per heavy atom. The summed E-state index contributed by atoms with van der Waals surface area (Å²) in [6.07, 6.45) is 0. The molecule has 0 bridgehead atoms. The number of hydrogen-bond donors (Lipinski definition) is 1. The summed E-state index contributed by atoms with van der Waals surface area (Å²) in [6.45, 7) is 9.20. The molecule has 0 atom stereocenters. The second-order valence-electron chi connectivity index (χ2n) is 4.89. The Bertz CT molecular complexity index is 534. The Morgan fingerprint density at radius 3 is 2.65 bits per heavy atom. The molecule has 0 saturated heterocycles. The lowest BCUT2D eigenvalue weighted by Crippen LogP contribution is -2.13. The maximum Gasteiger partial charge on any atom is 0.140 e. The average Bonchev–Trinajstić information content (AvgIpc) is 2.73. The van der Waals surface area contributed by atoms with E-state index in [9.17, 15) is 0 Å². The van der Waals surface area contributed by atoms with E-state index in [1.807, 2.05) is 29.8 Å². The van der Waals surface area contributed by atoms with Gasteiger partial charge in [-0.05, 0) is 26.0 Å². The molecule has 0 spiro atoms. The highest BCUT2D eigenvalue weighted by molar-refractivity contribution is 5.24. The highest BCUT2D eigenvalue weighted by atomic mass is 16.5. The fraction of sp³-hybridized carbons (Fsp3) is 0.438. The zero-order chi connectivity index (χ0) is 14.4. The molecule has 0 amide bonds. The minimum absolute atomic E-state index is 0.494. The Kier molecular flexibility index (Phi) is 5.32. The molecular formula is C16H23N3O. The van der Waals surface area contributed by atoms with Crippen LogP contribution in [0.15, 0.2) is 30.3 Å². The number of aryl methyl sites for hydroxylation is 1. The van der Waals surface area contributed by atoms with E-state index < -0.39 is 0 Å². The second-order valence-corrected chi connectivity index (χ2v) is 4.89. The van der Waals surface area contributed by atoms with Gasteiger partial charge in [-0.2, -0.15) is 5.10 Å². The van der Waals surface area contributed by atoms with Gasteiger partial charge in [0.15, 0.2) is 0 Å². The predicted molar refractivity (Wildman–Crippen MR) is 80.3 cm³/mol. The highest BCUT2D eigenvalue weighted by Crippen LogP contribution is 2.13. The van der Waals surface area contributed by atoms with Crippen molar-refractivity contribution >= 4 is 0 Å². The monoisotopic (exact) mass is 273 g/mol. The summed E-state index contributed by atoms with van der Waals surface area (Å²) in [6, 6.07) is 10.2. The number of ether oxygens (including phenoxy) is 1. The normalized spacial score (nSPS) is 10.9. The Hall–Kier alpha value is -1.65. The molecule has 1 aromatic carbocycles. The van der Waals surface area contributed by atoms with Crippen molar-refractivity contribution in [3.05, 3.63) is 52.8 Å². The van der Waals surface area contributed by atoms with Crippen LogP contribution in [0.25, 0.3) is 0 Å². The SMILES string of the molecule is CCNCc1c(C)nn(COCc2ccccc2)c1C. The van der Waals surface area contributed by atoms with E-state index in [0.717, 1.165) is 18.8 Å². The largest absolute Gasteiger partial charge is 0.355 e. The Balaban J connectivity index is 1.93. The number of rotatable bonds is 7. The van der Waals surface area contributed by atoms with E-state index in [4.69, 9.17) is 4.74 Å². The van der Waals surface area contributed by atoms with E-state index in [1.54, 1.807) is 0 Å². The molecule has 0 aliphatic carbocycles. The van der Waals surface area contributed by atoms with Crippen LogP contribution in [0.4, 0.5) is 0 Å². The quantitative estimate of drug-likeness (QED) is 0.843. The molecule has 4 heteroatoms. The fourth-order valence-electron chi connectivity index (χ4n) is 2.19. The van der Waals surface area contributed by atoms with Crippen molar-refractivity contribution in [2.45, 2.75) is 40.7 Å². The molecule has 20 heavy (non-hydrogen) atoms. The van der Waals surface area contributed by atoms with Crippen molar-refractivity contribution in [3.63, 3.8) is 0 Å². The first-order valence-corrected chi connectivity index (χ1v) is 7.07. The number of nitrogens with one attached hydrogen (secondary N) is 1. The van der Waals surface area contributed by atoms with Crippen LogP contribution in [-0.4, -0.2) is 16.3 Å². The van der Waals surface area contributed by atoms with Crippen molar-refractivity contribution in [3.8, 4) is 0 Å². The molecule has 1 N–H and O–H groups in total. The van der Waals surface area contributed by atoms with Crippen LogP contribution in [0, 0.1) is 13.8 Å². The first kappa shape index (κ1) is 14.8. The van der Waals surface area contributed by atoms with Crippen molar-refractivity contribution in [1.82, 2.24) is 15.1 Å². The van der Waals surface area contributed by atoms with Crippen molar-refractivity contribution in [2.75, 3.05) is 6.54 Å². The van der Waals surface area contributed by atoms with Gasteiger partial charge in [0.05, 0.1) is 12.3 Å². The van der Waals surface area contributed by atoms with Crippen LogP contribution in [0.2, 0.25) is 0 Å². The molecule has 2 rings (SSSR count). The summed E-state index contributed by atoms with van der Waals surface area (Å²) in [4.78, 5) is 0. The molecule has 0 saturated carbocycles. The second kappa shape index (κ2) is 7.22. The summed E-state index contributed by atoms with van der Waals surface area (Å²) < 4.78 is 7.67. The number of hydrogen-bond acceptors (Lipinski definition) is 3. The third-order valence-electron chi connectivity index (χ3n) is 3.41. The van der Waals surface area contributed by atoms with Crippen LogP contribution < -0.4 is 5.32 Å².